The van der Waals surface area contributed by atoms with E-state index in [1.807, 2.05) is 0 Å². The standard InChI is InChI=1S/C20H21NO9/c1-3-30-20(28)10-8-11(22)16-14(10)15-9(7-12(23)17(25)18(15)26)19(27)21(16)6-4-5-13(24)29-2/h7,10,23,25-26H,3-6,8H2,1-2H3/t10-/m0/s1. The molecule has 0 aliphatic heterocycles. The number of nitrogens with zero attached hydrogens (tertiary/aromatic N) is 1. The fraction of sp³-hybridized carbons (Fsp3) is 0.400. The summed E-state index contributed by atoms with van der Waals surface area (Å²) in [5.74, 6) is -5.19. The number of aromatic hydroxyl groups is 3. The summed E-state index contributed by atoms with van der Waals surface area (Å²) < 4.78 is 10.7. The quantitative estimate of drug-likeness (QED) is 0.464. The number of carbonyl (C=O) groups is 3. The number of ketones is 1. The molecule has 0 saturated heterocycles. The van der Waals surface area contributed by atoms with Gasteiger partial charge in [-0.05, 0) is 19.4 Å². The van der Waals surface area contributed by atoms with Crippen molar-refractivity contribution in [2.75, 3.05) is 13.7 Å². The topological polar surface area (TPSA) is 152 Å². The smallest absolute Gasteiger partial charge is 0.313 e. The van der Waals surface area contributed by atoms with Gasteiger partial charge in [-0.3, -0.25) is 19.2 Å². The van der Waals surface area contributed by atoms with Gasteiger partial charge in [-0.1, -0.05) is 0 Å². The van der Waals surface area contributed by atoms with E-state index < -0.39 is 46.4 Å². The molecule has 2 aromatic rings. The molecule has 0 amide bonds. The molecule has 1 aliphatic rings. The fourth-order valence-electron chi connectivity index (χ4n) is 3.76. The van der Waals surface area contributed by atoms with Crippen molar-refractivity contribution in [2.24, 2.45) is 0 Å². The Morgan fingerprint density at radius 2 is 1.90 bits per heavy atom. The molecular formula is C20H21NO9. The van der Waals surface area contributed by atoms with Gasteiger partial charge in [0.25, 0.3) is 5.56 Å². The molecule has 1 aliphatic carbocycles. The third kappa shape index (κ3) is 3.34. The van der Waals surface area contributed by atoms with Gasteiger partial charge in [0.15, 0.2) is 17.3 Å². The van der Waals surface area contributed by atoms with Gasteiger partial charge in [-0.25, -0.2) is 0 Å². The normalized spacial score (nSPS) is 15.3. The van der Waals surface area contributed by atoms with Crippen molar-refractivity contribution in [1.82, 2.24) is 4.57 Å². The molecule has 0 saturated carbocycles. The van der Waals surface area contributed by atoms with Crippen LogP contribution in [-0.2, 0) is 25.6 Å². The van der Waals surface area contributed by atoms with Crippen LogP contribution in [0.2, 0.25) is 0 Å². The highest BCUT2D eigenvalue weighted by atomic mass is 16.5. The number of hydrogen-bond donors (Lipinski definition) is 3. The van der Waals surface area contributed by atoms with E-state index in [-0.39, 0.29) is 54.4 Å². The highest BCUT2D eigenvalue weighted by Gasteiger charge is 2.41. The maximum atomic E-state index is 13.1. The van der Waals surface area contributed by atoms with E-state index in [2.05, 4.69) is 4.74 Å². The second-order valence-corrected chi connectivity index (χ2v) is 6.85. The highest BCUT2D eigenvalue weighted by Crippen LogP contribution is 2.47. The number of aromatic nitrogens is 1. The minimum atomic E-state index is -1.09. The van der Waals surface area contributed by atoms with Gasteiger partial charge in [0, 0.05) is 30.3 Å². The fourth-order valence-corrected chi connectivity index (χ4v) is 3.76. The van der Waals surface area contributed by atoms with Crippen LogP contribution in [0.5, 0.6) is 17.2 Å². The Kier molecular flexibility index (Phi) is 5.68. The van der Waals surface area contributed by atoms with E-state index in [0.717, 1.165) is 10.6 Å². The van der Waals surface area contributed by atoms with Gasteiger partial charge in [0.1, 0.15) is 0 Å². The number of esters is 2. The average molecular weight is 419 g/mol. The van der Waals surface area contributed by atoms with Gasteiger partial charge in [-0.15, -0.1) is 0 Å². The number of phenolic OH excluding ortho intramolecular Hbond substituents is 3. The molecular weight excluding hydrogens is 398 g/mol. The Labute approximate surface area is 170 Å². The molecule has 0 spiro atoms. The van der Waals surface area contributed by atoms with Crippen LogP contribution >= 0.6 is 0 Å². The van der Waals surface area contributed by atoms with E-state index >= 15 is 0 Å². The van der Waals surface area contributed by atoms with Crippen LogP contribution in [0.3, 0.4) is 0 Å². The SMILES string of the molecule is CCOC(=O)[C@H]1CC(=O)c2c1c1c(O)c(O)c(O)cc1c(=O)n2CCCC(=O)OC. The number of fused-ring (bicyclic) bond motifs is 3. The molecule has 3 rings (SSSR count). The van der Waals surface area contributed by atoms with Gasteiger partial charge in [0.2, 0.25) is 5.75 Å². The number of phenols is 3. The Hall–Kier alpha value is -3.56. The Bertz CT molecular complexity index is 1120. The van der Waals surface area contributed by atoms with Crippen molar-refractivity contribution in [3.8, 4) is 17.2 Å². The second kappa shape index (κ2) is 8.05. The number of carbonyl (C=O) groups excluding carboxylic acids is 3. The summed E-state index contributed by atoms with van der Waals surface area (Å²) in [7, 11) is 1.23. The monoisotopic (exact) mass is 419 g/mol. The lowest BCUT2D eigenvalue weighted by molar-refractivity contribution is -0.144. The lowest BCUT2D eigenvalue weighted by atomic mass is 9.95. The predicted molar refractivity (Wildman–Crippen MR) is 103 cm³/mol. The van der Waals surface area contributed by atoms with E-state index in [0.29, 0.717) is 0 Å². The van der Waals surface area contributed by atoms with Crippen molar-refractivity contribution < 1.29 is 39.2 Å². The highest BCUT2D eigenvalue weighted by molar-refractivity contribution is 6.11. The molecule has 0 radical (unpaired) electrons. The number of pyridine rings is 1. The van der Waals surface area contributed by atoms with E-state index in [9.17, 15) is 34.5 Å². The number of Topliss-reactive ketones (excluding diaryl/α,β-unsaturated/α-hetero) is 1. The van der Waals surface area contributed by atoms with Crippen LogP contribution in [0.4, 0.5) is 0 Å². The van der Waals surface area contributed by atoms with E-state index in [4.69, 9.17) is 4.74 Å². The Morgan fingerprint density at radius 3 is 2.53 bits per heavy atom. The zero-order valence-electron chi connectivity index (χ0n) is 16.4. The van der Waals surface area contributed by atoms with E-state index in [1.165, 1.54) is 7.11 Å². The summed E-state index contributed by atoms with van der Waals surface area (Å²) in [4.78, 5) is 49.7. The van der Waals surface area contributed by atoms with Crippen molar-refractivity contribution in [2.45, 2.75) is 38.6 Å². The molecule has 0 fully saturated rings. The van der Waals surface area contributed by atoms with Gasteiger partial charge >= 0.3 is 11.9 Å². The lowest BCUT2D eigenvalue weighted by Gasteiger charge is -2.18. The Morgan fingerprint density at radius 1 is 1.20 bits per heavy atom. The summed E-state index contributed by atoms with van der Waals surface area (Å²) in [6, 6.07) is 0.967. The minimum Gasteiger partial charge on any atom is -0.504 e. The molecule has 0 unspecified atom stereocenters. The van der Waals surface area contributed by atoms with E-state index in [1.54, 1.807) is 6.92 Å². The molecule has 10 heteroatoms. The maximum Gasteiger partial charge on any atom is 0.313 e. The minimum absolute atomic E-state index is 0.00266. The van der Waals surface area contributed by atoms with Crippen molar-refractivity contribution in [1.29, 1.82) is 0 Å². The number of methoxy groups -OCH3 is 1. The zero-order chi connectivity index (χ0) is 22.2. The number of hydrogen-bond acceptors (Lipinski definition) is 9. The molecule has 1 aromatic heterocycles. The van der Waals surface area contributed by atoms with Crippen LogP contribution in [-0.4, -0.2) is 51.3 Å². The molecule has 1 aromatic carbocycles. The number of ether oxygens (including phenoxy) is 2. The second-order valence-electron chi connectivity index (χ2n) is 6.85. The number of rotatable bonds is 6. The van der Waals surface area contributed by atoms with Crippen molar-refractivity contribution in [3.05, 3.63) is 27.7 Å². The first-order valence-electron chi connectivity index (χ1n) is 9.33. The summed E-state index contributed by atoms with van der Waals surface area (Å²) in [6.07, 6.45) is -0.0972. The molecule has 10 nitrogen and oxygen atoms in total. The third-order valence-corrected chi connectivity index (χ3v) is 5.09. The summed E-state index contributed by atoms with van der Waals surface area (Å²) in [6.45, 7) is 1.63. The van der Waals surface area contributed by atoms with Crippen LogP contribution in [0.1, 0.15) is 48.2 Å². The Balaban J connectivity index is 2.29. The summed E-state index contributed by atoms with van der Waals surface area (Å²) >= 11 is 0. The van der Waals surface area contributed by atoms with Crippen molar-refractivity contribution in [3.63, 3.8) is 0 Å². The molecule has 3 N–H and O–H groups in total. The lowest BCUT2D eigenvalue weighted by Crippen LogP contribution is -2.27. The van der Waals surface area contributed by atoms with Crippen LogP contribution in [0, 0.1) is 0 Å². The average Bonchev–Trinajstić information content (AvgIpc) is 3.05. The molecule has 30 heavy (non-hydrogen) atoms. The maximum absolute atomic E-state index is 13.1. The first-order valence-corrected chi connectivity index (χ1v) is 9.33. The van der Waals surface area contributed by atoms with Gasteiger partial charge in [0.05, 0.1) is 30.7 Å². The van der Waals surface area contributed by atoms with Crippen molar-refractivity contribution >= 4 is 28.5 Å². The molecule has 0 bridgehead atoms. The molecule has 160 valence electrons. The first-order chi connectivity index (χ1) is 14.2. The summed E-state index contributed by atoms with van der Waals surface area (Å²) in [5, 5.41) is 29.9. The molecule has 1 atom stereocenters. The van der Waals surface area contributed by atoms with Gasteiger partial charge in [-0.2, -0.15) is 0 Å². The number of benzene rings is 1. The van der Waals surface area contributed by atoms with Crippen LogP contribution in [0.15, 0.2) is 10.9 Å². The largest absolute Gasteiger partial charge is 0.504 e. The third-order valence-electron chi connectivity index (χ3n) is 5.09. The zero-order valence-corrected chi connectivity index (χ0v) is 16.4. The first kappa shape index (κ1) is 21.2. The van der Waals surface area contributed by atoms with Crippen LogP contribution < -0.4 is 5.56 Å². The predicted octanol–water partition coefficient (Wildman–Crippen LogP) is 1.30. The molecule has 1 heterocycles. The van der Waals surface area contributed by atoms with Crippen LogP contribution in [0.25, 0.3) is 10.8 Å². The van der Waals surface area contributed by atoms with Gasteiger partial charge < -0.3 is 29.4 Å². The summed E-state index contributed by atoms with van der Waals surface area (Å²) in [5.41, 5.74) is -0.744.